The molecular formula is C13H10BrNO4. The Labute approximate surface area is 117 Å². The molecule has 0 saturated carbocycles. The van der Waals surface area contributed by atoms with Gasteiger partial charge in [-0.25, -0.2) is 4.79 Å². The molecule has 1 heterocycles. The van der Waals surface area contributed by atoms with Crippen molar-refractivity contribution in [3.8, 4) is 0 Å². The van der Waals surface area contributed by atoms with Gasteiger partial charge in [0.1, 0.15) is 0 Å². The van der Waals surface area contributed by atoms with Gasteiger partial charge in [0.15, 0.2) is 4.67 Å². The van der Waals surface area contributed by atoms with Crippen LogP contribution < -0.4 is 4.90 Å². The molecule has 5 nitrogen and oxygen atoms in total. The van der Waals surface area contributed by atoms with E-state index in [-0.39, 0.29) is 11.5 Å². The summed E-state index contributed by atoms with van der Waals surface area (Å²) in [6.45, 7) is 0. The van der Waals surface area contributed by atoms with Gasteiger partial charge in [-0.3, -0.25) is 4.79 Å². The number of benzene rings is 1. The van der Waals surface area contributed by atoms with Gasteiger partial charge in [0, 0.05) is 12.7 Å². The average molecular weight is 324 g/mol. The van der Waals surface area contributed by atoms with E-state index >= 15 is 0 Å². The van der Waals surface area contributed by atoms with E-state index in [2.05, 4.69) is 15.9 Å². The third-order valence-corrected chi connectivity index (χ3v) is 3.27. The molecule has 0 aliphatic carbocycles. The van der Waals surface area contributed by atoms with Gasteiger partial charge < -0.3 is 14.4 Å². The molecule has 0 aliphatic heterocycles. The highest BCUT2D eigenvalue weighted by Crippen LogP contribution is 2.22. The summed E-state index contributed by atoms with van der Waals surface area (Å²) in [4.78, 5) is 24.3. The largest absolute Gasteiger partial charge is 0.478 e. The molecule has 0 spiro atoms. The Balaban J connectivity index is 2.24. The SMILES string of the molecule is CN(C(=O)c1ccoc1Br)c1ccc(C(=O)O)cc1. The highest BCUT2D eigenvalue weighted by atomic mass is 79.9. The Morgan fingerprint density at radius 3 is 2.32 bits per heavy atom. The fourth-order valence-corrected chi connectivity index (χ4v) is 1.98. The molecule has 0 aliphatic rings. The zero-order valence-electron chi connectivity index (χ0n) is 9.96. The second-order valence-corrected chi connectivity index (χ2v) is 4.54. The number of carbonyl (C=O) groups is 2. The average Bonchev–Trinajstić information content (AvgIpc) is 2.83. The monoisotopic (exact) mass is 323 g/mol. The number of furan rings is 1. The molecule has 1 aromatic carbocycles. The number of nitrogens with zero attached hydrogens (tertiary/aromatic N) is 1. The molecule has 0 saturated heterocycles. The summed E-state index contributed by atoms with van der Waals surface area (Å²) in [6.07, 6.45) is 1.42. The third kappa shape index (κ3) is 2.68. The first-order chi connectivity index (χ1) is 9.00. The Kier molecular flexibility index (Phi) is 3.71. The maximum absolute atomic E-state index is 12.2. The van der Waals surface area contributed by atoms with Gasteiger partial charge in [0.05, 0.1) is 17.4 Å². The number of anilines is 1. The molecule has 0 radical (unpaired) electrons. The molecule has 0 unspecified atom stereocenters. The van der Waals surface area contributed by atoms with E-state index in [0.717, 1.165) is 0 Å². The van der Waals surface area contributed by atoms with Crippen LogP contribution in [-0.4, -0.2) is 24.0 Å². The highest BCUT2D eigenvalue weighted by Gasteiger charge is 2.18. The Hall–Kier alpha value is -2.08. The van der Waals surface area contributed by atoms with Crippen molar-refractivity contribution >= 4 is 33.5 Å². The zero-order chi connectivity index (χ0) is 14.0. The van der Waals surface area contributed by atoms with E-state index in [9.17, 15) is 9.59 Å². The number of carboxylic acid groups (broad SMARTS) is 1. The zero-order valence-corrected chi connectivity index (χ0v) is 11.5. The Morgan fingerprint density at radius 1 is 1.21 bits per heavy atom. The van der Waals surface area contributed by atoms with Crippen LogP contribution in [0.3, 0.4) is 0 Å². The van der Waals surface area contributed by atoms with Crippen LogP contribution in [0.2, 0.25) is 0 Å². The molecular weight excluding hydrogens is 314 g/mol. The second kappa shape index (κ2) is 5.27. The molecule has 1 N–H and O–H groups in total. The molecule has 6 heteroatoms. The van der Waals surface area contributed by atoms with Crippen molar-refractivity contribution in [2.45, 2.75) is 0 Å². The van der Waals surface area contributed by atoms with Crippen LogP contribution in [0.25, 0.3) is 0 Å². The van der Waals surface area contributed by atoms with E-state index < -0.39 is 5.97 Å². The van der Waals surface area contributed by atoms with Crippen molar-refractivity contribution in [1.29, 1.82) is 0 Å². The lowest BCUT2D eigenvalue weighted by molar-refractivity contribution is 0.0696. The standard InChI is InChI=1S/C13H10BrNO4/c1-15(12(16)10-6-7-19-11(10)14)9-4-2-8(3-5-9)13(17)18/h2-7H,1H3,(H,17,18). The lowest BCUT2D eigenvalue weighted by Crippen LogP contribution is -2.26. The maximum atomic E-state index is 12.2. The van der Waals surface area contributed by atoms with Crippen LogP contribution >= 0.6 is 15.9 Å². The van der Waals surface area contributed by atoms with Gasteiger partial charge in [-0.05, 0) is 46.3 Å². The minimum absolute atomic E-state index is 0.175. The van der Waals surface area contributed by atoms with E-state index in [4.69, 9.17) is 9.52 Å². The van der Waals surface area contributed by atoms with Crippen molar-refractivity contribution in [3.63, 3.8) is 0 Å². The molecule has 0 fully saturated rings. The van der Waals surface area contributed by atoms with Crippen LogP contribution in [0, 0.1) is 0 Å². The molecule has 98 valence electrons. The van der Waals surface area contributed by atoms with Crippen molar-refractivity contribution in [2.24, 2.45) is 0 Å². The predicted octanol–water partition coefficient (Wildman–Crippen LogP) is 3.02. The summed E-state index contributed by atoms with van der Waals surface area (Å²) in [6, 6.07) is 7.62. The number of carbonyl (C=O) groups excluding carboxylic acids is 1. The lowest BCUT2D eigenvalue weighted by Gasteiger charge is -2.16. The number of hydrogen-bond acceptors (Lipinski definition) is 3. The molecule has 0 atom stereocenters. The molecule has 0 bridgehead atoms. The van der Waals surface area contributed by atoms with Crippen molar-refractivity contribution < 1.29 is 19.1 Å². The number of hydrogen-bond donors (Lipinski definition) is 1. The summed E-state index contributed by atoms with van der Waals surface area (Å²) in [7, 11) is 1.61. The third-order valence-electron chi connectivity index (χ3n) is 2.65. The molecule has 19 heavy (non-hydrogen) atoms. The van der Waals surface area contributed by atoms with E-state index in [1.165, 1.54) is 23.3 Å². The highest BCUT2D eigenvalue weighted by molar-refractivity contribution is 9.10. The van der Waals surface area contributed by atoms with Crippen LogP contribution in [0.15, 0.2) is 45.7 Å². The maximum Gasteiger partial charge on any atom is 0.335 e. The van der Waals surface area contributed by atoms with E-state index in [0.29, 0.717) is 15.9 Å². The number of carboxylic acids is 1. The number of rotatable bonds is 3. The topological polar surface area (TPSA) is 70.8 Å². The molecule has 2 aromatic rings. The van der Waals surface area contributed by atoms with Crippen LogP contribution in [0.1, 0.15) is 20.7 Å². The molecule has 1 amide bonds. The number of aromatic carboxylic acids is 1. The first-order valence-corrected chi connectivity index (χ1v) is 6.14. The summed E-state index contributed by atoms with van der Waals surface area (Å²) < 4.78 is 5.38. The van der Waals surface area contributed by atoms with Crippen molar-refractivity contribution in [3.05, 3.63) is 52.4 Å². The fourth-order valence-electron chi connectivity index (χ4n) is 1.57. The summed E-state index contributed by atoms with van der Waals surface area (Å²) in [5.74, 6) is -1.25. The number of amides is 1. The van der Waals surface area contributed by atoms with Crippen LogP contribution in [0.4, 0.5) is 5.69 Å². The van der Waals surface area contributed by atoms with Gasteiger partial charge in [-0.15, -0.1) is 0 Å². The smallest absolute Gasteiger partial charge is 0.335 e. The Morgan fingerprint density at radius 2 is 1.84 bits per heavy atom. The summed E-state index contributed by atoms with van der Waals surface area (Å²) in [5, 5.41) is 8.81. The summed E-state index contributed by atoms with van der Waals surface area (Å²) in [5.41, 5.74) is 1.18. The van der Waals surface area contributed by atoms with Gasteiger partial charge in [0.25, 0.3) is 5.91 Å². The fraction of sp³-hybridized carbons (Fsp3) is 0.0769. The first-order valence-electron chi connectivity index (χ1n) is 5.35. The van der Waals surface area contributed by atoms with Gasteiger partial charge >= 0.3 is 5.97 Å². The van der Waals surface area contributed by atoms with Crippen molar-refractivity contribution in [2.75, 3.05) is 11.9 Å². The quantitative estimate of drug-likeness (QED) is 0.942. The minimum atomic E-state index is -1.00. The Bertz CT molecular complexity index is 618. The van der Waals surface area contributed by atoms with Crippen molar-refractivity contribution in [1.82, 2.24) is 0 Å². The van der Waals surface area contributed by atoms with Gasteiger partial charge in [0.2, 0.25) is 0 Å². The first kappa shape index (κ1) is 13.4. The minimum Gasteiger partial charge on any atom is -0.478 e. The van der Waals surface area contributed by atoms with E-state index in [1.54, 1.807) is 25.2 Å². The van der Waals surface area contributed by atoms with Crippen LogP contribution in [-0.2, 0) is 0 Å². The predicted molar refractivity (Wildman–Crippen MR) is 72.5 cm³/mol. The number of halogens is 1. The van der Waals surface area contributed by atoms with Gasteiger partial charge in [-0.2, -0.15) is 0 Å². The van der Waals surface area contributed by atoms with E-state index in [1.807, 2.05) is 0 Å². The molecule has 1 aromatic heterocycles. The lowest BCUT2D eigenvalue weighted by atomic mass is 10.2. The summed E-state index contributed by atoms with van der Waals surface area (Å²) >= 11 is 3.15. The molecule has 2 rings (SSSR count). The van der Waals surface area contributed by atoms with Crippen LogP contribution in [0.5, 0.6) is 0 Å². The van der Waals surface area contributed by atoms with Gasteiger partial charge in [-0.1, -0.05) is 0 Å². The normalized spacial score (nSPS) is 10.2. The second-order valence-electron chi connectivity index (χ2n) is 3.82.